The summed E-state index contributed by atoms with van der Waals surface area (Å²) in [7, 11) is 1.82. The van der Waals surface area contributed by atoms with Gasteiger partial charge in [-0.2, -0.15) is 0 Å². The summed E-state index contributed by atoms with van der Waals surface area (Å²) >= 11 is 0. The minimum Gasteiger partial charge on any atom is -0.381 e. The molecule has 0 radical (unpaired) electrons. The van der Waals surface area contributed by atoms with Crippen LogP contribution < -0.4 is 5.32 Å². The zero-order chi connectivity index (χ0) is 11.9. The highest BCUT2D eigenvalue weighted by atomic mass is 16.5. The minimum atomic E-state index is 0.435. The normalized spacial score (nSPS) is 34.8. The van der Waals surface area contributed by atoms with Crippen LogP contribution in [0.5, 0.6) is 0 Å². The van der Waals surface area contributed by atoms with Gasteiger partial charge in [-0.25, -0.2) is 0 Å². The number of piperidine rings is 1. The van der Waals surface area contributed by atoms with E-state index >= 15 is 0 Å². The van der Waals surface area contributed by atoms with E-state index < -0.39 is 0 Å². The number of nitrogens with one attached hydrogen (secondary N) is 1. The summed E-state index contributed by atoms with van der Waals surface area (Å²) in [6.07, 6.45) is 9.61. The fourth-order valence-corrected chi connectivity index (χ4v) is 3.04. The van der Waals surface area contributed by atoms with E-state index in [9.17, 15) is 0 Å². The smallest absolute Gasteiger partial charge is 0.0599 e. The Hall–Kier alpha value is -0.120. The average Bonchev–Trinajstić information content (AvgIpc) is 2.40. The molecule has 0 bridgehead atoms. The lowest BCUT2D eigenvalue weighted by Crippen LogP contribution is -2.31. The average molecular weight is 241 g/mol. The van der Waals surface area contributed by atoms with Crippen LogP contribution in [0.4, 0.5) is 0 Å². The van der Waals surface area contributed by atoms with Gasteiger partial charge < -0.3 is 14.8 Å². The topological polar surface area (TPSA) is 30.5 Å². The summed E-state index contributed by atoms with van der Waals surface area (Å²) in [5.41, 5.74) is 0. The summed E-state index contributed by atoms with van der Waals surface area (Å²) in [4.78, 5) is 0. The van der Waals surface area contributed by atoms with Gasteiger partial charge in [0.25, 0.3) is 0 Å². The first kappa shape index (κ1) is 13.3. The van der Waals surface area contributed by atoms with Gasteiger partial charge in [0.1, 0.15) is 0 Å². The highest BCUT2D eigenvalue weighted by molar-refractivity contribution is 4.74. The van der Waals surface area contributed by atoms with Crippen LogP contribution >= 0.6 is 0 Å². The molecule has 0 spiro atoms. The Morgan fingerprint density at radius 1 is 1.12 bits per heavy atom. The van der Waals surface area contributed by atoms with Crippen LogP contribution in [0.2, 0.25) is 0 Å². The summed E-state index contributed by atoms with van der Waals surface area (Å²) in [6.45, 7) is 3.33. The lowest BCUT2D eigenvalue weighted by Gasteiger charge is -2.29. The predicted molar refractivity (Wildman–Crippen MR) is 69.2 cm³/mol. The molecular formula is C14H27NO2. The van der Waals surface area contributed by atoms with Crippen molar-refractivity contribution in [2.45, 2.75) is 57.2 Å². The third-order valence-corrected chi connectivity index (χ3v) is 4.19. The van der Waals surface area contributed by atoms with Gasteiger partial charge in [-0.15, -0.1) is 0 Å². The molecule has 1 saturated heterocycles. The number of hydrogen-bond acceptors (Lipinski definition) is 3. The second-order valence-electron chi connectivity index (χ2n) is 5.52. The molecule has 3 atom stereocenters. The molecule has 1 N–H and O–H groups in total. The zero-order valence-electron chi connectivity index (χ0n) is 11.1. The highest BCUT2D eigenvalue weighted by Crippen LogP contribution is 2.23. The number of hydrogen-bond donors (Lipinski definition) is 1. The molecule has 1 saturated carbocycles. The van der Waals surface area contributed by atoms with Crippen molar-refractivity contribution in [2.24, 2.45) is 5.92 Å². The number of rotatable bonds is 5. The van der Waals surface area contributed by atoms with Gasteiger partial charge >= 0.3 is 0 Å². The van der Waals surface area contributed by atoms with Crippen LogP contribution in [-0.4, -0.2) is 39.0 Å². The Morgan fingerprint density at radius 2 is 2.00 bits per heavy atom. The van der Waals surface area contributed by atoms with Gasteiger partial charge in [-0.1, -0.05) is 0 Å². The van der Waals surface area contributed by atoms with Crippen molar-refractivity contribution >= 4 is 0 Å². The lowest BCUT2D eigenvalue weighted by atomic mass is 9.94. The summed E-state index contributed by atoms with van der Waals surface area (Å²) < 4.78 is 11.4. The van der Waals surface area contributed by atoms with E-state index in [0.29, 0.717) is 12.2 Å². The van der Waals surface area contributed by atoms with Crippen molar-refractivity contribution in [3.8, 4) is 0 Å². The van der Waals surface area contributed by atoms with Gasteiger partial charge in [0.05, 0.1) is 12.2 Å². The van der Waals surface area contributed by atoms with E-state index in [2.05, 4.69) is 5.32 Å². The zero-order valence-corrected chi connectivity index (χ0v) is 11.1. The first-order valence-electron chi connectivity index (χ1n) is 7.23. The molecule has 0 amide bonds. The Bertz CT molecular complexity index is 204. The maximum Gasteiger partial charge on any atom is 0.0599 e. The van der Waals surface area contributed by atoms with Crippen molar-refractivity contribution in [2.75, 3.05) is 26.8 Å². The molecule has 3 unspecified atom stereocenters. The van der Waals surface area contributed by atoms with Crippen molar-refractivity contribution in [1.82, 2.24) is 5.32 Å². The van der Waals surface area contributed by atoms with Crippen LogP contribution in [0.1, 0.15) is 44.9 Å². The maximum atomic E-state index is 6.01. The Kier molecular flexibility index (Phi) is 5.75. The fraction of sp³-hybridized carbons (Fsp3) is 1.00. The summed E-state index contributed by atoms with van der Waals surface area (Å²) in [5.74, 6) is 0.838. The lowest BCUT2D eigenvalue weighted by molar-refractivity contribution is -0.0331. The monoisotopic (exact) mass is 241 g/mol. The standard InChI is InChI=1S/C14H27NO2/c1-16-13-5-2-6-14(10-13)17-9-7-12-4-3-8-15-11-12/h12-15H,2-11H2,1H3. The Labute approximate surface area is 105 Å². The Balaban J connectivity index is 1.57. The molecule has 1 heterocycles. The van der Waals surface area contributed by atoms with Gasteiger partial charge in [0.15, 0.2) is 0 Å². The van der Waals surface area contributed by atoms with Crippen LogP contribution in [0.15, 0.2) is 0 Å². The molecule has 17 heavy (non-hydrogen) atoms. The Morgan fingerprint density at radius 3 is 2.76 bits per heavy atom. The molecule has 0 aromatic carbocycles. The summed E-state index contributed by atoms with van der Waals surface area (Å²) in [6, 6.07) is 0. The maximum absolute atomic E-state index is 6.01. The molecule has 3 nitrogen and oxygen atoms in total. The van der Waals surface area contributed by atoms with Crippen molar-refractivity contribution in [3.05, 3.63) is 0 Å². The fourth-order valence-electron chi connectivity index (χ4n) is 3.04. The highest BCUT2D eigenvalue weighted by Gasteiger charge is 2.22. The molecule has 3 heteroatoms. The van der Waals surface area contributed by atoms with E-state index in [-0.39, 0.29) is 0 Å². The molecule has 2 aliphatic rings. The second kappa shape index (κ2) is 7.34. The van der Waals surface area contributed by atoms with Gasteiger partial charge in [0, 0.05) is 13.7 Å². The van der Waals surface area contributed by atoms with Crippen LogP contribution in [0.3, 0.4) is 0 Å². The van der Waals surface area contributed by atoms with Crippen LogP contribution in [-0.2, 0) is 9.47 Å². The van der Waals surface area contributed by atoms with E-state index in [1.165, 1.54) is 51.6 Å². The molecule has 0 aromatic heterocycles. The number of methoxy groups -OCH3 is 1. The molecular weight excluding hydrogens is 214 g/mol. The predicted octanol–water partition coefficient (Wildman–Crippen LogP) is 2.35. The third kappa shape index (κ3) is 4.57. The van der Waals surface area contributed by atoms with E-state index in [4.69, 9.17) is 9.47 Å². The molecule has 0 aromatic rings. The largest absolute Gasteiger partial charge is 0.381 e. The molecule has 1 aliphatic heterocycles. The number of ether oxygens (including phenoxy) is 2. The minimum absolute atomic E-state index is 0.435. The van der Waals surface area contributed by atoms with Crippen molar-refractivity contribution in [3.63, 3.8) is 0 Å². The van der Waals surface area contributed by atoms with Crippen molar-refractivity contribution < 1.29 is 9.47 Å². The second-order valence-corrected chi connectivity index (χ2v) is 5.52. The molecule has 100 valence electrons. The van der Waals surface area contributed by atoms with Gasteiger partial charge in [-0.05, 0) is 64.0 Å². The van der Waals surface area contributed by atoms with Crippen molar-refractivity contribution in [1.29, 1.82) is 0 Å². The van der Waals surface area contributed by atoms with E-state index in [1.54, 1.807) is 0 Å². The first-order valence-corrected chi connectivity index (χ1v) is 7.23. The molecule has 1 aliphatic carbocycles. The quantitative estimate of drug-likeness (QED) is 0.801. The molecule has 2 fully saturated rings. The SMILES string of the molecule is COC1CCCC(OCCC2CCCNC2)C1. The van der Waals surface area contributed by atoms with Gasteiger partial charge in [-0.3, -0.25) is 0 Å². The third-order valence-electron chi connectivity index (χ3n) is 4.19. The van der Waals surface area contributed by atoms with E-state index in [1.807, 2.05) is 7.11 Å². The van der Waals surface area contributed by atoms with Crippen LogP contribution in [0, 0.1) is 5.92 Å². The summed E-state index contributed by atoms with van der Waals surface area (Å²) in [5, 5.41) is 3.46. The molecule has 2 rings (SSSR count). The van der Waals surface area contributed by atoms with E-state index in [0.717, 1.165) is 18.9 Å². The van der Waals surface area contributed by atoms with Crippen LogP contribution in [0.25, 0.3) is 0 Å². The van der Waals surface area contributed by atoms with Gasteiger partial charge in [0.2, 0.25) is 0 Å². The first-order chi connectivity index (χ1) is 8.38.